The third-order valence-corrected chi connectivity index (χ3v) is 5.62. The van der Waals surface area contributed by atoms with Crippen LogP contribution in [0.5, 0.6) is 0 Å². The van der Waals surface area contributed by atoms with E-state index in [0.717, 1.165) is 0 Å². The number of aliphatic hydroxyl groups is 1. The van der Waals surface area contributed by atoms with Crippen LogP contribution in [-0.2, 0) is 19.0 Å². The normalized spacial score (nSPS) is 31.3. The molecule has 2 N–H and O–H groups in total. The van der Waals surface area contributed by atoms with E-state index in [9.17, 15) is 19.4 Å². The predicted molar refractivity (Wildman–Crippen MR) is 99.4 cm³/mol. The highest BCUT2D eigenvalue weighted by Gasteiger charge is 2.54. The molecule has 9 nitrogen and oxygen atoms in total. The predicted octanol–water partition coefficient (Wildman–Crippen LogP) is 1.75. The summed E-state index contributed by atoms with van der Waals surface area (Å²) < 4.78 is 32.6. The van der Waals surface area contributed by atoms with Crippen LogP contribution in [0.25, 0.3) is 11.3 Å². The third kappa shape index (κ3) is 3.80. The molecular formula is C18H19BrFN3O6. The van der Waals surface area contributed by atoms with E-state index in [1.807, 2.05) is 0 Å². The number of ether oxygens (including phenoxy) is 3. The van der Waals surface area contributed by atoms with Crippen LogP contribution in [0, 0.1) is 5.82 Å². The zero-order valence-electron chi connectivity index (χ0n) is 15.5. The highest BCUT2D eigenvalue weighted by Crippen LogP contribution is 2.38. The van der Waals surface area contributed by atoms with Crippen molar-refractivity contribution in [1.82, 2.24) is 15.0 Å². The van der Waals surface area contributed by atoms with E-state index in [1.165, 1.54) is 16.9 Å². The second kappa shape index (κ2) is 7.40. The number of hydrogen-bond donors (Lipinski definition) is 2. The second-order valence-corrected chi connectivity index (χ2v) is 8.27. The number of carboxylic acid groups (broad SMARTS) is 1. The number of carboxylic acids is 1. The molecule has 1 aromatic carbocycles. The van der Waals surface area contributed by atoms with Gasteiger partial charge in [-0.25, -0.2) is 13.9 Å². The molecule has 2 saturated heterocycles. The minimum Gasteiger partial charge on any atom is -0.479 e. The number of aliphatic carboxylic acids is 1. The van der Waals surface area contributed by atoms with Crippen molar-refractivity contribution in [3.05, 3.63) is 34.7 Å². The first-order valence-electron chi connectivity index (χ1n) is 8.91. The zero-order valence-corrected chi connectivity index (χ0v) is 17.1. The summed E-state index contributed by atoms with van der Waals surface area (Å²) >= 11 is 3.10. The smallest absolute Gasteiger partial charge is 0.335 e. The Bertz CT molecular complexity index is 938. The fourth-order valence-electron chi connectivity index (χ4n) is 3.59. The summed E-state index contributed by atoms with van der Waals surface area (Å²) in [6.07, 6.45) is -2.84. The largest absolute Gasteiger partial charge is 0.479 e. The lowest BCUT2D eigenvalue weighted by atomic mass is 9.91. The Morgan fingerprint density at radius 1 is 1.41 bits per heavy atom. The SMILES string of the molecule is CC1(C)OC[C@H]2O[C@@H](C(=O)O)[C@H](O)[C@@H](n3cc(-c4ccc(Br)c(F)c4)nn3)[C@H]2O1. The van der Waals surface area contributed by atoms with Gasteiger partial charge in [-0.3, -0.25) is 0 Å². The van der Waals surface area contributed by atoms with Gasteiger partial charge in [-0.2, -0.15) is 0 Å². The fraction of sp³-hybridized carbons (Fsp3) is 0.500. The highest BCUT2D eigenvalue weighted by molar-refractivity contribution is 9.10. The number of hydrogen-bond acceptors (Lipinski definition) is 7. The van der Waals surface area contributed by atoms with E-state index in [0.29, 0.717) is 15.7 Å². The lowest BCUT2D eigenvalue weighted by Crippen LogP contribution is -2.63. The lowest BCUT2D eigenvalue weighted by Gasteiger charge is -2.49. The Morgan fingerprint density at radius 3 is 2.86 bits per heavy atom. The van der Waals surface area contributed by atoms with Crippen molar-refractivity contribution in [2.24, 2.45) is 0 Å². The van der Waals surface area contributed by atoms with Crippen LogP contribution in [0.2, 0.25) is 0 Å². The summed E-state index contributed by atoms with van der Waals surface area (Å²) in [6.45, 7) is 3.53. The third-order valence-electron chi connectivity index (χ3n) is 4.97. The monoisotopic (exact) mass is 471 g/mol. The van der Waals surface area contributed by atoms with E-state index >= 15 is 0 Å². The van der Waals surface area contributed by atoms with Crippen molar-refractivity contribution in [2.75, 3.05) is 6.61 Å². The molecule has 0 bridgehead atoms. The van der Waals surface area contributed by atoms with Gasteiger partial charge in [-0.05, 0) is 41.9 Å². The Hall–Kier alpha value is -1.92. The maximum Gasteiger partial charge on any atom is 0.335 e. The molecule has 2 fully saturated rings. The van der Waals surface area contributed by atoms with Gasteiger partial charge in [0, 0.05) is 5.56 Å². The topological polar surface area (TPSA) is 116 Å². The van der Waals surface area contributed by atoms with Crippen LogP contribution in [0.1, 0.15) is 19.9 Å². The molecule has 0 amide bonds. The minimum atomic E-state index is -1.48. The molecule has 4 rings (SSSR count). The van der Waals surface area contributed by atoms with Crippen molar-refractivity contribution >= 4 is 21.9 Å². The summed E-state index contributed by atoms with van der Waals surface area (Å²) in [5, 5.41) is 28.3. The van der Waals surface area contributed by atoms with Crippen LogP contribution in [0.3, 0.4) is 0 Å². The number of carbonyl (C=O) groups is 1. The van der Waals surface area contributed by atoms with Gasteiger partial charge in [-0.15, -0.1) is 5.10 Å². The molecular weight excluding hydrogens is 453 g/mol. The molecule has 2 aromatic rings. The van der Waals surface area contributed by atoms with Gasteiger partial charge in [0.1, 0.15) is 35.9 Å². The maximum atomic E-state index is 13.9. The summed E-state index contributed by atoms with van der Waals surface area (Å²) in [7, 11) is 0. The summed E-state index contributed by atoms with van der Waals surface area (Å²) in [5.41, 5.74) is 0.850. The summed E-state index contributed by atoms with van der Waals surface area (Å²) in [6, 6.07) is 3.63. The second-order valence-electron chi connectivity index (χ2n) is 7.42. The number of fused-ring (bicyclic) bond motifs is 1. The first-order valence-corrected chi connectivity index (χ1v) is 9.71. The van der Waals surface area contributed by atoms with Gasteiger partial charge in [0.2, 0.25) is 0 Å². The van der Waals surface area contributed by atoms with Crippen molar-refractivity contribution < 1.29 is 33.6 Å². The molecule has 5 atom stereocenters. The van der Waals surface area contributed by atoms with Crippen molar-refractivity contribution in [3.8, 4) is 11.3 Å². The Balaban J connectivity index is 1.71. The molecule has 0 saturated carbocycles. The molecule has 11 heteroatoms. The zero-order chi connectivity index (χ0) is 20.9. The Labute approximate surface area is 173 Å². The van der Waals surface area contributed by atoms with Gasteiger partial charge >= 0.3 is 5.97 Å². The van der Waals surface area contributed by atoms with Crippen molar-refractivity contribution in [1.29, 1.82) is 0 Å². The molecule has 29 heavy (non-hydrogen) atoms. The van der Waals surface area contributed by atoms with E-state index in [1.54, 1.807) is 26.0 Å². The quantitative estimate of drug-likeness (QED) is 0.695. The van der Waals surface area contributed by atoms with E-state index in [-0.39, 0.29) is 6.61 Å². The molecule has 0 radical (unpaired) electrons. The Morgan fingerprint density at radius 2 is 2.17 bits per heavy atom. The summed E-state index contributed by atoms with van der Waals surface area (Å²) in [5.74, 6) is -2.71. The molecule has 0 aliphatic carbocycles. The van der Waals surface area contributed by atoms with E-state index in [4.69, 9.17) is 14.2 Å². The number of aromatic nitrogens is 3. The van der Waals surface area contributed by atoms with Gasteiger partial charge < -0.3 is 24.4 Å². The lowest BCUT2D eigenvalue weighted by molar-refractivity contribution is -0.346. The molecule has 3 heterocycles. The minimum absolute atomic E-state index is 0.101. The number of halogens is 2. The van der Waals surface area contributed by atoms with Crippen LogP contribution < -0.4 is 0 Å². The fourth-order valence-corrected chi connectivity index (χ4v) is 3.83. The van der Waals surface area contributed by atoms with Gasteiger partial charge in [0.15, 0.2) is 11.9 Å². The standard InChI is InChI=1S/C18H19BrFN3O6/c1-18(2)27-7-12-15(29-18)13(14(24)16(28-12)17(25)26)23-6-11(21-22-23)8-3-4-9(19)10(20)5-8/h3-6,12-16,24H,7H2,1-2H3,(H,25,26)/t12-,13-,14-,15+,16-/m1/s1. The molecule has 1 aromatic heterocycles. The molecule has 0 spiro atoms. The average Bonchev–Trinajstić information content (AvgIpc) is 3.12. The van der Waals surface area contributed by atoms with Crippen molar-refractivity contribution in [3.63, 3.8) is 0 Å². The van der Waals surface area contributed by atoms with Crippen LogP contribution >= 0.6 is 15.9 Å². The van der Waals surface area contributed by atoms with Crippen LogP contribution in [-0.4, -0.2) is 68.0 Å². The maximum absolute atomic E-state index is 13.9. The number of rotatable bonds is 3. The van der Waals surface area contributed by atoms with Crippen molar-refractivity contribution in [2.45, 2.75) is 50.1 Å². The highest BCUT2D eigenvalue weighted by atomic mass is 79.9. The first kappa shape index (κ1) is 20.4. The van der Waals surface area contributed by atoms with Crippen LogP contribution in [0.15, 0.2) is 28.9 Å². The number of nitrogens with zero attached hydrogens (tertiary/aromatic N) is 3. The van der Waals surface area contributed by atoms with Gasteiger partial charge in [0.25, 0.3) is 0 Å². The summed E-state index contributed by atoms with van der Waals surface area (Å²) in [4.78, 5) is 11.6. The van der Waals surface area contributed by atoms with Gasteiger partial charge in [0.05, 0.1) is 17.3 Å². The average molecular weight is 472 g/mol. The molecule has 0 unspecified atom stereocenters. The van der Waals surface area contributed by atoms with Crippen LogP contribution in [0.4, 0.5) is 4.39 Å². The Kier molecular flexibility index (Phi) is 5.20. The number of aliphatic hydroxyl groups excluding tert-OH is 1. The van der Waals surface area contributed by atoms with E-state index in [2.05, 4.69) is 26.2 Å². The molecule has 2 aliphatic rings. The van der Waals surface area contributed by atoms with Gasteiger partial charge in [-0.1, -0.05) is 11.3 Å². The van der Waals surface area contributed by atoms with E-state index < -0.39 is 48.0 Å². The first-order chi connectivity index (χ1) is 13.7. The molecule has 2 aliphatic heterocycles. The number of benzene rings is 1. The molecule has 156 valence electrons.